The number of H-pyrrole nitrogens is 1. The number of carbonyl (C=O) groups excluding carboxylic acids is 1. The third kappa shape index (κ3) is 2.17. The molecule has 1 heterocycles. The van der Waals surface area contributed by atoms with E-state index in [0.29, 0.717) is 17.5 Å². The molecule has 1 amide bonds. The Morgan fingerprint density at radius 1 is 1.44 bits per heavy atom. The summed E-state index contributed by atoms with van der Waals surface area (Å²) in [4.78, 5) is 29.5. The first kappa shape index (κ1) is 12.1. The van der Waals surface area contributed by atoms with Gasteiger partial charge in [0.15, 0.2) is 0 Å². The molecule has 0 fully saturated rings. The van der Waals surface area contributed by atoms with Crippen LogP contribution in [0.2, 0.25) is 0 Å². The number of carboxylic acids is 1. The molecule has 0 atom stereocenters. The van der Waals surface area contributed by atoms with Crippen molar-refractivity contribution in [3.8, 4) is 0 Å². The zero-order chi connectivity index (χ0) is 13.1. The van der Waals surface area contributed by atoms with Gasteiger partial charge in [0.25, 0.3) is 5.91 Å². The van der Waals surface area contributed by atoms with Gasteiger partial charge in [-0.15, -0.1) is 0 Å². The van der Waals surface area contributed by atoms with Crippen LogP contribution in [0.25, 0.3) is 11.0 Å². The molecule has 0 aliphatic carbocycles. The smallest absolute Gasteiger partial charge is 0.322 e. The van der Waals surface area contributed by atoms with Crippen LogP contribution in [0.4, 0.5) is 0 Å². The zero-order valence-electron chi connectivity index (χ0n) is 9.86. The number of amides is 1. The van der Waals surface area contributed by atoms with Crippen molar-refractivity contribution in [2.45, 2.75) is 13.3 Å². The van der Waals surface area contributed by atoms with Crippen LogP contribution < -0.4 is 5.32 Å². The highest BCUT2D eigenvalue weighted by Gasteiger charge is 2.16. The van der Waals surface area contributed by atoms with Gasteiger partial charge in [0, 0.05) is 0 Å². The van der Waals surface area contributed by atoms with Crippen LogP contribution in [0.3, 0.4) is 0 Å². The molecule has 0 saturated carbocycles. The lowest BCUT2D eigenvalue weighted by atomic mass is 10.0. The second-order valence-electron chi connectivity index (χ2n) is 3.83. The normalized spacial score (nSPS) is 10.5. The molecular formula is C12H13N3O3. The van der Waals surface area contributed by atoms with Crippen LogP contribution in [0.15, 0.2) is 18.5 Å². The van der Waals surface area contributed by atoms with E-state index in [1.807, 2.05) is 19.1 Å². The first-order valence-corrected chi connectivity index (χ1v) is 5.58. The SMILES string of the molecule is CCc1ccc2[nH]cnc2c1C(=O)NCC(=O)O. The lowest BCUT2D eigenvalue weighted by Gasteiger charge is -2.08. The molecule has 1 aromatic heterocycles. The molecule has 0 radical (unpaired) electrons. The fourth-order valence-electron chi connectivity index (χ4n) is 1.84. The van der Waals surface area contributed by atoms with Crippen molar-refractivity contribution in [1.29, 1.82) is 0 Å². The first-order valence-electron chi connectivity index (χ1n) is 5.58. The van der Waals surface area contributed by atoms with Crippen LogP contribution in [0.1, 0.15) is 22.8 Å². The molecule has 0 aliphatic heterocycles. The maximum Gasteiger partial charge on any atom is 0.322 e. The molecule has 0 bridgehead atoms. The molecule has 0 aliphatic rings. The molecule has 2 aromatic rings. The Balaban J connectivity index is 2.43. The maximum absolute atomic E-state index is 12.0. The second kappa shape index (κ2) is 4.87. The van der Waals surface area contributed by atoms with E-state index in [9.17, 15) is 9.59 Å². The Morgan fingerprint density at radius 3 is 2.89 bits per heavy atom. The van der Waals surface area contributed by atoms with E-state index in [2.05, 4.69) is 15.3 Å². The van der Waals surface area contributed by atoms with Crippen molar-refractivity contribution < 1.29 is 14.7 Å². The van der Waals surface area contributed by atoms with Gasteiger partial charge in [0.1, 0.15) is 12.1 Å². The summed E-state index contributed by atoms with van der Waals surface area (Å²) in [5, 5.41) is 10.9. The number of aromatic nitrogens is 2. The van der Waals surface area contributed by atoms with Crippen molar-refractivity contribution in [3.05, 3.63) is 29.6 Å². The Labute approximate surface area is 103 Å². The number of hydrogen-bond acceptors (Lipinski definition) is 3. The Kier molecular flexibility index (Phi) is 3.27. The van der Waals surface area contributed by atoms with Crippen LogP contribution in [-0.2, 0) is 11.2 Å². The van der Waals surface area contributed by atoms with Crippen LogP contribution in [-0.4, -0.2) is 33.5 Å². The highest BCUT2D eigenvalue weighted by Crippen LogP contribution is 2.20. The number of aliphatic carboxylic acids is 1. The van der Waals surface area contributed by atoms with Gasteiger partial charge in [0.2, 0.25) is 0 Å². The third-order valence-electron chi connectivity index (χ3n) is 2.69. The summed E-state index contributed by atoms with van der Waals surface area (Å²) in [6, 6.07) is 3.70. The summed E-state index contributed by atoms with van der Waals surface area (Å²) < 4.78 is 0. The minimum atomic E-state index is -1.07. The molecule has 94 valence electrons. The van der Waals surface area contributed by atoms with Crippen molar-refractivity contribution in [2.75, 3.05) is 6.54 Å². The Morgan fingerprint density at radius 2 is 2.22 bits per heavy atom. The Bertz CT molecular complexity index is 604. The molecule has 1 aromatic carbocycles. The number of aromatic amines is 1. The lowest BCUT2D eigenvalue weighted by molar-refractivity contribution is -0.135. The molecule has 3 N–H and O–H groups in total. The third-order valence-corrected chi connectivity index (χ3v) is 2.69. The average molecular weight is 247 g/mol. The van der Waals surface area contributed by atoms with Gasteiger partial charge in [-0.3, -0.25) is 9.59 Å². The van der Waals surface area contributed by atoms with Gasteiger partial charge in [-0.1, -0.05) is 13.0 Å². The van der Waals surface area contributed by atoms with E-state index >= 15 is 0 Å². The quantitative estimate of drug-likeness (QED) is 0.749. The zero-order valence-corrected chi connectivity index (χ0v) is 9.86. The number of fused-ring (bicyclic) bond motifs is 1. The number of nitrogens with one attached hydrogen (secondary N) is 2. The summed E-state index contributed by atoms with van der Waals surface area (Å²) in [6.45, 7) is 1.53. The van der Waals surface area contributed by atoms with Crippen molar-refractivity contribution >= 4 is 22.9 Å². The molecule has 18 heavy (non-hydrogen) atoms. The predicted molar refractivity (Wildman–Crippen MR) is 65.4 cm³/mol. The summed E-state index contributed by atoms with van der Waals surface area (Å²) in [5.74, 6) is -1.48. The van der Waals surface area contributed by atoms with Crippen molar-refractivity contribution in [2.24, 2.45) is 0 Å². The van der Waals surface area contributed by atoms with Crippen LogP contribution >= 0.6 is 0 Å². The second-order valence-corrected chi connectivity index (χ2v) is 3.83. The molecule has 0 saturated heterocycles. The molecule has 6 nitrogen and oxygen atoms in total. The number of hydrogen-bond donors (Lipinski definition) is 3. The number of carboxylic acid groups (broad SMARTS) is 1. The highest BCUT2D eigenvalue weighted by molar-refractivity contribution is 6.06. The fourth-order valence-corrected chi connectivity index (χ4v) is 1.84. The van der Waals surface area contributed by atoms with Crippen molar-refractivity contribution in [3.63, 3.8) is 0 Å². The summed E-state index contributed by atoms with van der Waals surface area (Å²) in [5.41, 5.74) is 2.61. The van der Waals surface area contributed by atoms with Gasteiger partial charge in [-0.2, -0.15) is 0 Å². The van der Waals surface area contributed by atoms with E-state index in [0.717, 1.165) is 11.1 Å². The van der Waals surface area contributed by atoms with Gasteiger partial charge >= 0.3 is 5.97 Å². The number of aryl methyl sites for hydroxylation is 1. The minimum Gasteiger partial charge on any atom is -0.480 e. The fraction of sp³-hybridized carbons (Fsp3) is 0.250. The molecule has 0 spiro atoms. The summed E-state index contributed by atoms with van der Waals surface area (Å²) in [7, 11) is 0. The molecule has 6 heteroatoms. The topological polar surface area (TPSA) is 95.1 Å². The average Bonchev–Trinajstić information content (AvgIpc) is 2.82. The van der Waals surface area contributed by atoms with Gasteiger partial charge in [-0.05, 0) is 18.1 Å². The van der Waals surface area contributed by atoms with E-state index < -0.39 is 18.4 Å². The first-order chi connectivity index (χ1) is 8.63. The number of rotatable bonds is 4. The number of imidazole rings is 1. The van der Waals surface area contributed by atoms with E-state index in [1.54, 1.807) is 0 Å². The highest BCUT2D eigenvalue weighted by atomic mass is 16.4. The van der Waals surface area contributed by atoms with E-state index in [1.165, 1.54) is 6.33 Å². The number of nitrogens with zero attached hydrogens (tertiary/aromatic N) is 1. The van der Waals surface area contributed by atoms with Crippen LogP contribution in [0.5, 0.6) is 0 Å². The lowest BCUT2D eigenvalue weighted by Crippen LogP contribution is -2.30. The summed E-state index contributed by atoms with van der Waals surface area (Å²) in [6.07, 6.45) is 2.19. The predicted octanol–water partition coefficient (Wildman–Crippen LogP) is 0.940. The van der Waals surface area contributed by atoms with Gasteiger partial charge < -0.3 is 15.4 Å². The number of benzene rings is 1. The monoisotopic (exact) mass is 247 g/mol. The Hall–Kier alpha value is -2.37. The van der Waals surface area contributed by atoms with E-state index in [-0.39, 0.29) is 0 Å². The van der Waals surface area contributed by atoms with Crippen molar-refractivity contribution in [1.82, 2.24) is 15.3 Å². The largest absolute Gasteiger partial charge is 0.480 e. The number of carbonyl (C=O) groups is 2. The summed E-state index contributed by atoms with van der Waals surface area (Å²) >= 11 is 0. The molecular weight excluding hydrogens is 234 g/mol. The van der Waals surface area contributed by atoms with E-state index in [4.69, 9.17) is 5.11 Å². The minimum absolute atomic E-state index is 0.400. The maximum atomic E-state index is 12.0. The molecule has 2 rings (SSSR count). The molecule has 0 unspecified atom stereocenters. The van der Waals surface area contributed by atoms with Crippen LogP contribution in [0, 0.1) is 0 Å². The van der Waals surface area contributed by atoms with Gasteiger partial charge in [-0.25, -0.2) is 4.98 Å². The standard InChI is InChI=1S/C12H13N3O3/c1-2-7-3-4-8-11(15-6-14-8)10(7)12(18)13-5-9(16)17/h3-4,6H,2,5H2,1H3,(H,13,18)(H,14,15)(H,16,17). The van der Waals surface area contributed by atoms with Gasteiger partial charge in [0.05, 0.1) is 17.4 Å².